The van der Waals surface area contributed by atoms with Gasteiger partial charge in [-0.1, -0.05) is 48.5 Å². The number of benzene rings is 3. The van der Waals surface area contributed by atoms with Crippen molar-refractivity contribution in [3.8, 4) is 22.8 Å². The van der Waals surface area contributed by atoms with Gasteiger partial charge in [-0.15, -0.1) is 0 Å². The largest absolute Gasteiger partial charge is 0.457 e. The second-order valence-electron chi connectivity index (χ2n) is 6.96. The average Bonchev–Trinajstić information content (AvgIpc) is 3.46. The van der Waals surface area contributed by atoms with Gasteiger partial charge in [-0.2, -0.15) is 0 Å². The van der Waals surface area contributed by atoms with E-state index in [0.29, 0.717) is 17.3 Å². The predicted octanol–water partition coefficient (Wildman–Crippen LogP) is 6.41. The molecule has 5 rings (SSSR count). The van der Waals surface area contributed by atoms with Gasteiger partial charge in [-0.3, -0.25) is 4.79 Å². The highest BCUT2D eigenvalue weighted by Gasteiger charge is 2.09. The average molecular weight is 406 g/mol. The van der Waals surface area contributed by atoms with Gasteiger partial charge < -0.3 is 14.2 Å². The van der Waals surface area contributed by atoms with Crippen LogP contribution in [0.15, 0.2) is 106 Å². The lowest BCUT2D eigenvalue weighted by Gasteiger charge is -2.03. The maximum Gasteiger partial charge on any atom is 0.248 e. The molecule has 0 saturated heterocycles. The van der Waals surface area contributed by atoms with Gasteiger partial charge in [0.2, 0.25) is 11.8 Å². The summed E-state index contributed by atoms with van der Waals surface area (Å²) in [4.78, 5) is 16.9. The molecule has 0 fully saturated rings. The summed E-state index contributed by atoms with van der Waals surface area (Å²) in [5.74, 6) is 1.62. The molecular weight excluding hydrogens is 388 g/mol. The van der Waals surface area contributed by atoms with Crippen LogP contribution in [0, 0.1) is 0 Å². The summed E-state index contributed by atoms with van der Waals surface area (Å²) in [6, 6.07) is 28.5. The van der Waals surface area contributed by atoms with Crippen LogP contribution >= 0.6 is 0 Å². The van der Waals surface area contributed by atoms with Gasteiger partial charge in [-0.05, 0) is 48.5 Å². The summed E-state index contributed by atoms with van der Waals surface area (Å²) < 4.78 is 11.6. The molecule has 5 heteroatoms. The highest BCUT2D eigenvalue weighted by atomic mass is 16.3. The molecule has 31 heavy (non-hydrogen) atoms. The van der Waals surface area contributed by atoms with Crippen LogP contribution in [0.25, 0.3) is 40.0 Å². The second kappa shape index (κ2) is 8.16. The number of hydrogen-bond donors (Lipinski definition) is 1. The summed E-state index contributed by atoms with van der Waals surface area (Å²) in [5, 5.41) is 2.86. The summed E-state index contributed by atoms with van der Waals surface area (Å²) >= 11 is 0. The van der Waals surface area contributed by atoms with Crippen molar-refractivity contribution in [2.75, 3.05) is 5.32 Å². The van der Waals surface area contributed by atoms with Crippen molar-refractivity contribution >= 4 is 28.8 Å². The van der Waals surface area contributed by atoms with E-state index in [1.807, 2.05) is 91.0 Å². The Kier molecular flexibility index (Phi) is 4.91. The zero-order valence-corrected chi connectivity index (χ0v) is 16.5. The molecule has 2 heterocycles. The molecule has 0 unspecified atom stereocenters. The molecule has 1 N–H and O–H groups in total. The van der Waals surface area contributed by atoms with E-state index in [9.17, 15) is 4.79 Å². The van der Waals surface area contributed by atoms with Gasteiger partial charge in [0.1, 0.15) is 17.0 Å². The number of nitrogens with one attached hydrogen (secondary N) is 1. The van der Waals surface area contributed by atoms with E-state index in [2.05, 4.69) is 10.3 Å². The molecule has 0 saturated carbocycles. The van der Waals surface area contributed by atoms with Crippen LogP contribution in [-0.2, 0) is 4.79 Å². The Morgan fingerprint density at radius 1 is 0.806 bits per heavy atom. The Labute approximate surface area is 178 Å². The first-order valence-electron chi connectivity index (χ1n) is 9.85. The molecule has 3 aromatic carbocycles. The minimum atomic E-state index is -0.257. The number of carbonyl (C=O) groups is 1. The Balaban J connectivity index is 1.28. The molecule has 0 spiro atoms. The third-order valence-corrected chi connectivity index (χ3v) is 4.76. The molecule has 0 atom stereocenters. The monoisotopic (exact) mass is 406 g/mol. The Morgan fingerprint density at radius 3 is 2.48 bits per heavy atom. The van der Waals surface area contributed by atoms with Gasteiger partial charge in [-0.25, -0.2) is 4.98 Å². The topological polar surface area (TPSA) is 68.3 Å². The zero-order chi connectivity index (χ0) is 21.0. The van der Waals surface area contributed by atoms with Gasteiger partial charge in [0.25, 0.3) is 0 Å². The number of fused-ring (bicyclic) bond motifs is 1. The maximum absolute atomic E-state index is 12.4. The predicted molar refractivity (Wildman–Crippen MR) is 121 cm³/mol. The normalized spacial score (nSPS) is 11.2. The first-order valence-corrected chi connectivity index (χ1v) is 9.85. The number of para-hydroxylation sites is 2. The Bertz CT molecular complexity index is 1350. The molecule has 5 aromatic rings. The number of furan rings is 1. The van der Waals surface area contributed by atoms with E-state index < -0.39 is 0 Å². The number of oxazole rings is 1. The fourth-order valence-corrected chi connectivity index (χ4v) is 3.27. The van der Waals surface area contributed by atoms with Gasteiger partial charge in [0, 0.05) is 22.9 Å². The molecule has 1 amide bonds. The van der Waals surface area contributed by atoms with Crippen molar-refractivity contribution in [1.29, 1.82) is 0 Å². The lowest BCUT2D eigenvalue weighted by Crippen LogP contribution is -2.07. The summed E-state index contributed by atoms with van der Waals surface area (Å²) in [5.41, 5.74) is 3.95. The van der Waals surface area contributed by atoms with Crippen molar-refractivity contribution in [1.82, 2.24) is 4.98 Å². The van der Waals surface area contributed by atoms with Crippen LogP contribution in [0.5, 0.6) is 0 Å². The lowest BCUT2D eigenvalue weighted by molar-refractivity contribution is -0.111. The van der Waals surface area contributed by atoms with Crippen LogP contribution in [0.3, 0.4) is 0 Å². The van der Waals surface area contributed by atoms with Crippen molar-refractivity contribution < 1.29 is 13.6 Å². The van der Waals surface area contributed by atoms with E-state index in [4.69, 9.17) is 8.83 Å². The van der Waals surface area contributed by atoms with E-state index in [1.54, 1.807) is 6.08 Å². The number of amides is 1. The number of rotatable bonds is 5. The van der Waals surface area contributed by atoms with E-state index in [1.165, 1.54) is 6.08 Å². The number of anilines is 1. The van der Waals surface area contributed by atoms with Crippen molar-refractivity contribution in [2.24, 2.45) is 0 Å². The number of carbonyl (C=O) groups excluding carboxylic acids is 1. The first kappa shape index (κ1) is 18.6. The minimum absolute atomic E-state index is 0.257. The van der Waals surface area contributed by atoms with Crippen LogP contribution < -0.4 is 5.32 Å². The summed E-state index contributed by atoms with van der Waals surface area (Å²) in [6.07, 6.45) is 3.09. The van der Waals surface area contributed by atoms with Crippen molar-refractivity contribution in [3.05, 3.63) is 103 Å². The third kappa shape index (κ3) is 4.16. The fourth-order valence-electron chi connectivity index (χ4n) is 3.27. The van der Waals surface area contributed by atoms with Crippen molar-refractivity contribution in [3.63, 3.8) is 0 Å². The highest BCUT2D eigenvalue weighted by Crippen LogP contribution is 2.26. The third-order valence-electron chi connectivity index (χ3n) is 4.76. The van der Waals surface area contributed by atoms with Crippen molar-refractivity contribution in [2.45, 2.75) is 0 Å². The van der Waals surface area contributed by atoms with Gasteiger partial charge >= 0.3 is 0 Å². The standard InChI is InChI=1S/C26H18N2O3/c29-25(16-14-21-13-15-23(30-21)18-7-2-1-3-8-18)27-20-10-6-9-19(17-20)26-28-22-11-4-5-12-24(22)31-26/h1-17H,(H,27,29)/b16-14+. The SMILES string of the molecule is O=C(/C=C/c1ccc(-c2ccccc2)o1)Nc1cccc(-c2nc3ccccc3o2)c1. The molecule has 0 radical (unpaired) electrons. The van der Waals surface area contributed by atoms with Crippen LogP contribution in [0.1, 0.15) is 5.76 Å². The Morgan fingerprint density at radius 2 is 1.61 bits per heavy atom. The van der Waals surface area contributed by atoms with Gasteiger partial charge in [0.15, 0.2) is 5.58 Å². The fraction of sp³-hybridized carbons (Fsp3) is 0. The molecule has 150 valence electrons. The molecule has 2 aromatic heterocycles. The quantitative estimate of drug-likeness (QED) is 0.343. The zero-order valence-electron chi connectivity index (χ0n) is 16.5. The lowest BCUT2D eigenvalue weighted by atomic mass is 10.2. The summed E-state index contributed by atoms with van der Waals surface area (Å²) in [6.45, 7) is 0. The van der Waals surface area contributed by atoms with E-state index in [0.717, 1.165) is 28.0 Å². The Hall–Kier alpha value is -4.38. The molecule has 0 aliphatic rings. The number of hydrogen-bond acceptors (Lipinski definition) is 4. The second-order valence-corrected chi connectivity index (χ2v) is 6.96. The minimum Gasteiger partial charge on any atom is -0.457 e. The number of aromatic nitrogens is 1. The number of nitrogens with zero attached hydrogens (tertiary/aromatic N) is 1. The maximum atomic E-state index is 12.4. The van der Waals surface area contributed by atoms with E-state index in [-0.39, 0.29) is 5.91 Å². The summed E-state index contributed by atoms with van der Waals surface area (Å²) in [7, 11) is 0. The van der Waals surface area contributed by atoms with Gasteiger partial charge in [0.05, 0.1) is 0 Å². The molecule has 0 bridgehead atoms. The van der Waals surface area contributed by atoms with Crippen LogP contribution in [-0.4, -0.2) is 10.9 Å². The first-order chi connectivity index (χ1) is 15.2. The molecule has 0 aliphatic heterocycles. The molecular formula is C26H18N2O3. The molecule has 0 aliphatic carbocycles. The van der Waals surface area contributed by atoms with E-state index >= 15 is 0 Å². The molecule has 5 nitrogen and oxygen atoms in total. The van der Waals surface area contributed by atoms with Crippen LogP contribution in [0.4, 0.5) is 5.69 Å². The smallest absolute Gasteiger partial charge is 0.248 e. The van der Waals surface area contributed by atoms with Crippen LogP contribution in [0.2, 0.25) is 0 Å². The highest BCUT2D eigenvalue weighted by molar-refractivity contribution is 6.02.